The molecular weight excluding hydrogens is 210 g/mol. The van der Waals surface area contributed by atoms with Gasteiger partial charge >= 0.3 is 12.1 Å². The molecule has 3 aliphatic rings. The average molecular weight is 227 g/mol. The summed E-state index contributed by atoms with van der Waals surface area (Å²) in [6.45, 7) is 0.713. The van der Waals surface area contributed by atoms with Crippen LogP contribution in [0.3, 0.4) is 0 Å². The van der Waals surface area contributed by atoms with Crippen LogP contribution < -0.4 is 0 Å². The highest BCUT2D eigenvalue weighted by Gasteiger charge is 2.46. The lowest BCUT2D eigenvalue weighted by atomic mass is 9.73. The maximum atomic E-state index is 11.6. The third kappa shape index (κ3) is 1.74. The van der Waals surface area contributed by atoms with Crippen molar-refractivity contribution in [3.8, 4) is 0 Å². The number of rotatable bonds is 1. The summed E-state index contributed by atoms with van der Waals surface area (Å²) in [4.78, 5) is 24.9. The van der Waals surface area contributed by atoms with Crippen molar-refractivity contribution in [2.45, 2.75) is 25.3 Å². The first-order valence-corrected chi connectivity index (χ1v) is 5.59. The van der Waals surface area contributed by atoms with Gasteiger partial charge in [-0.05, 0) is 25.2 Å². The van der Waals surface area contributed by atoms with Crippen molar-refractivity contribution in [1.29, 1.82) is 0 Å². The van der Waals surface area contributed by atoms with Crippen molar-refractivity contribution in [3.63, 3.8) is 0 Å². The van der Waals surface area contributed by atoms with E-state index in [-0.39, 0.29) is 24.0 Å². The van der Waals surface area contributed by atoms with E-state index in [2.05, 4.69) is 0 Å². The van der Waals surface area contributed by atoms with Gasteiger partial charge in [0.25, 0.3) is 0 Å². The van der Waals surface area contributed by atoms with E-state index in [9.17, 15) is 9.59 Å². The van der Waals surface area contributed by atoms with Gasteiger partial charge in [-0.15, -0.1) is 0 Å². The highest BCUT2D eigenvalue weighted by atomic mass is 16.5. The molecular formula is C11H17NO4. The normalized spacial score (nSPS) is 32.4. The summed E-state index contributed by atoms with van der Waals surface area (Å²) in [6, 6.07) is -0.0371. The molecule has 2 heterocycles. The number of methoxy groups -OCH3 is 2. The topological polar surface area (TPSA) is 55.8 Å². The average Bonchev–Trinajstić information content (AvgIpc) is 2.37. The molecule has 2 bridgehead atoms. The summed E-state index contributed by atoms with van der Waals surface area (Å²) < 4.78 is 9.53. The van der Waals surface area contributed by atoms with E-state index in [1.165, 1.54) is 14.2 Å². The zero-order chi connectivity index (χ0) is 11.7. The van der Waals surface area contributed by atoms with Crippen LogP contribution in [0.5, 0.6) is 0 Å². The van der Waals surface area contributed by atoms with Crippen LogP contribution in [0.4, 0.5) is 4.79 Å². The Hall–Kier alpha value is -1.26. The van der Waals surface area contributed by atoms with E-state index in [4.69, 9.17) is 9.47 Å². The summed E-state index contributed by atoms with van der Waals surface area (Å²) >= 11 is 0. The number of carbonyl (C=O) groups excluding carboxylic acids is 2. The van der Waals surface area contributed by atoms with Crippen molar-refractivity contribution in [3.05, 3.63) is 0 Å². The van der Waals surface area contributed by atoms with E-state index >= 15 is 0 Å². The molecule has 0 aromatic carbocycles. The third-order valence-corrected chi connectivity index (χ3v) is 3.69. The molecule has 5 heteroatoms. The number of hydrogen-bond acceptors (Lipinski definition) is 4. The molecule has 16 heavy (non-hydrogen) atoms. The predicted molar refractivity (Wildman–Crippen MR) is 55.7 cm³/mol. The van der Waals surface area contributed by atoms with E-state index in [1.807, 2.05) is 0 Å². The highest BCUT2D eigenvalue weighted by molar-refractivity contribution is 5.76. The third-order valence-electron chi connectivity index (χ3n) is 3.69. The van der Waals surface area contributed by atoms with Gasteiger partial charge in [0, 0.05) is 12.6 Å². The number of amides is 1. The van der Waals surface area contributed by atoms with Crippen LogP contribution in [0, 0.1) is 11.8 Å². The first-order chi connectivity index (χ1) is 7.67. The SMILES string of the molecule is COC(=O)[C@H]1C[C@H]2CC[C@H]1N(C(=O)OC)C2. The highest BCUT2D eigenvalue weighted by Crippen LogP contribution is 2.39. The van der Waals surface area contributed by atoms with Gasteiger partial charge in [-0.1, -0.05) is 0 Å². The van der Waals surface area contributed by atoms with Gasteiger partial charge in [0.15, 0.2) is 0 Å². The molecule has 2 saturated heterocycles. The second-order valence-corrected chi connectivity index (χ2v) is 4.50. The number of fused-ring (bicyclic) bond motifs is 3. The standard InChI is InChI=1S/C11H17NO4/c1-15-10(13)8-5-7-3-4-9(8)12(6-7)11(14)16-2/h7-9H,3-6H2,1-2H3/t7-,8+,9-/m1/s1. The molecule has 0 aromatic heterocycles. The molecule has 3 rings (SSSR count). The molecule has 90 valence electrons. The van der Waals surface area contributed by atoms with Crippen LogP contribution >= 0.6 is 0 Å². The number of piperidine rings is 2. The molecule has 2 aliphatic heterocycles. The fraction of sp³-hybridized carbons (Fsp3) is 0.818. The molecule has 0 radical (unpaired) electrons. The lowest BCUT2D eigenvalue weighted by Crippen LogP contribution is -2.57. The van der Waals surface area contributed by atoms with Crippen LogP contribution in [0.2, 0.25) is 0 Å². The van der Waals surface area contributed by atoms with Crippen molar-refractivity contribution >= 4 is 12.1 Å². The Balaban J connectivity index is 2.14. The number of esters is 1. The maximum absolute atomic E-state index is 11.6. The molecule has 1 amide bonds. The van der Waals surface area contributed by atoms with Crippen LogP contribution in [0.15, 0.2) is 0 Å². The van der Waals surface area contributed by atoms with Gasteiger partial charge in [-0.2, -0.15) is 0 Å². The Bertz CT molecular complexity index is 278. The van der Waals surface area contributed by atoms with Crippen LogP contribution in [-0.4, -0.2) is 43.8 Å². The molecule has 0 spiro atoms. The molecule has 0 unspecified atom stereocenters. The summed E-state index contributed by atoms with van der Waals surface area (Å²) in [6.07, 6.45) is 2.47. The fourth-order valence-electron chi connectivity index (χ4n) is 2.93. The van der Waals surface area contributed by atoms with E-state index in [0.717, 1.165) is 19.3 Å². The molecule has 3 fully saturated rings. The van der Waals surface area contributed by atoms with Crippen LogP contribution in [0.25, 0.3) is 0 Å². The number of carbonyl (C=O) groups is 2. The van der Waals surface area contributed by atoms with Crippen LogP contribution in [0.1, 0.15) is 19.3 Å². The quantitative estimate of drug-likeness (QED) is 0.628. The van der Waals surface area contributed by atoms with E-state index < -0.39 is 0 Å². The smallest absolute Gasteiger partial charge is 0.409 e. The molecule has 3 atom stereocenters. The number of nitrogens with zero attached hydrogens (tertiary/aromatic N) is 1. The predicted octanol–water partition coefficient (Wildman–Crippen LogP) is 1.03. The van der Waals surface area contributed by atoms with Crippen molar-refractivity contribution in [2.24, 2.45) is 11.8 Å². The van der Waals surface area contributed by atoms with Gasteiger partial charge < -0.3 is 14.4 Å². The maximum Gasteiger partial charge on any atom is 0.409 e. The Morgan fingerprint density at radius 2 is 1.94 bits per heavy atom. The summed E-state index contributed by atoms with van der Waals surface area (Å²) in [7, 11) is 2.77. The fourth-order valence-corrected chi connectivity index (χ4v) is 2.93. The monoisotopic (exact) mass is 227 g/mol. The molecule has 1 saturated carbocycles. The zero-order valence-corrected chi connectivity index (χ0v) is 9.64. The number of hydrogen-bond donors (Lipinski definition) is 0. The second-order valence-electron chi connectivity index (χ2n) is 4.50. The summed E-state index contributed by atoms with van der Waals surface area (Å²) in [5, 5.41) is 0. The Morgan fingerprint density at radius 3 is 2.50 bits per heavy atom. The minimum atomic E-state index is -0.330. The van der Waals surface area contributed by atoms with Crippen molar-refractivity contribution < 1.29 is 19.1 Å². The number of ether oxygens (including phenoxy) is 2. The Kier molecular flexibility index (Phi) is 3.03. The van der Waals surface area contributed by atoms with Gasteiger partial charge in [-0.25, -0.2) is 4.79 Å². The summed E-state index contributed by atoms with van der Waals surface area (Å²) in [5.74, 6) is 0.0353. The lowest BCUT2D eigenvalue weighted by molar-refractivity contribution is -0.152. The molecule has 1 aliphatic carbocycles. The van der Waals surface area contributed by atoms with Gasteiger partial charge in [-0.3, -0.25) is 4.79 Å². The van der Waals surface area contributed by atoms with Crippen LogP contribution in [-0.2, 0) is 14.3 Å². The molecule has 0 N–H and O–H groups in total. The van der Waals surface area contributed by atoms with Gasteiger partial charge in [0.2, 0.25) is 0 Å². The molecule has 0 aromatic rings. The Morgan fingerprint density at radius 1 is 1.19 bits per heavy atom. The second kappa shape index (κ2) is 4.31. The van der Waals surface area contributed by atoms with E-state index in [1.54, 1.807) is 4.90 Å². The largest absolute Gasteiger partial charge is 0.469 e. The van der Waals surface area contributed by atoms with Gasteiger partial charge in [0.05, 0.1) is 20.1 Å². The van der Waals surface area contributed by atoms with Crippen molar-refractivity contribution in [1.82, 2.24) is 4.90 Å². The van der Waals surface area contributed by atoms with E-state index in [0.29, 0.717) is 12.5 Å². The summed E-state index contributed by atoms with van der Waals surface area (Å²) in [5.41, 5.74) is 0. The first-order valence-electron chi connectivity index (χ1n) is 5.59. The van der Waals surface area contributed by atoms with Gasteiger partial charge in [0.1, 0.15) is 0 Å². The Labute approximate surface area is 94.7 Å². The minimum absolute atomic E-state index is 0.0371. The minimum Gasteiger partial charge on any atom is -0.469 e. The first kappa shape index (κ1) is 11.2. The van der Waals surface area contributed by atoms with Crippen molar-refractivity contribution in [2.75, 3.05) is 20.8 Å². The molecule has 5 nitrogen and oxygen atoms in total. The zero-order valence-electron chi connectivity index (χ0n) is 9.64. The lowest BCUT2D eigenvalue weighted by Gasteiger charge is -2.47.